The number of esters is 1. The van der Waals surface area contributed by atoms with Crippen molar-refractivity contribution in [2.75, 3.05) is 12.4 Å². The van der Waals surface area contributed by atoms with Gasteiger partial charge in [0.15, 0.2) is 0 Å². The van der Waals surface area contributed by atoms with E-state index in [2.05, 4.69) is 5.32 Å². The van der Waals surface area contributed by atoms with E-state index >= 15 is 0 Å². The zero-order valence-electron chi connectivity index (χ0n) is 16.7. The Morgan fingerprint density at radius 3 is 2.57 bits per heavy atom. The van der Waals surface area contributed by atoms with Crippen LogP contribution >= 0.6 is 11.8 Å². The smallest absolute Gasteiger partial charge is 0.543 e. The largest absolute Gasteiger partial charge is 1.00 e. The van der Waals surface area contributed by atoms with Gasteiger partial charge in [-0.3, -0.25) is 19.3 Å². The zero-order valence-corrected chi connectivity index (χ0v) is 19.5. The average Bonchev–Trinajstić information content (AvgIpc) is 2.69. The molecule has 154 valence electrons. The molecule has 2 aliphatic heterocycles. The molecule has 0 aromatic heterocycles. The van der Waals surface area contributed by atoms with Crippen molar-refractivity contribution < 1.29 is 58.6 Å². The minimum absolute atomic E-state index is 0. The molecule has 11 heteroatoms. The predicted molar refractivity (Wildman–Crippen MR) is 102 cm³/mol. The summed E-state index contributed by atoms with van der Waals surface area (Å²) in [6.07, 6.45) is 0.0649. The maximum absolute atomic E-state index is 12.6. The molecule has 2 aliphatic rings. The summed E-state index contributed by atoms with van der Waals surface area (Å²) >= 11 is 1.29. The molecule has 3 rings (SSSR count). The van der Waals surface area contributed by atoms with Crippen LogP contribution in [0.3, 0.4) is 0 Å². The normalized spacial score (nSPS) is 19.9. The van der Waals surface area contributed by atoms with Crippen molar-refractivity contribution in [3.63, 3.8) is 0 Å². The molecule has 1 saturated heterocycles. The third-order valence-corrected chi connectivity index (χ3v) is 6.04. The van der Waals surface area contributed by atoms with Gasteiger partial charge < -0.3 is 25.7 Å². The van der Waals surface area contributed by atoms with Gasteiger partial charge in [0.2, 0.25) is 5.91 Å². The van der Waals surface area contributed by atoms with Gasteiger partial charge in [0.1, 0.15) is 18.0 Å². The Bertz CT molecular complexity index is 906. The number of hydrogen-bond acceptors (Lipinski definition) is 8. The van der Waals surface area contributed by atoms with Gasteiger partial charge in [0, 0.05) is 24.8 Å². The molecule has 0 saturated carbocycles. The Kier molecular flexibility index (Phi) is 8.51. The average molecular weight is 441 g/mol. The van der Waals surface area contributed by atoms with Crippen molar-refractivity contribution in [1.82, 2.24) is 10.2 Å². The van der Waals surface area contributed by atoms with Crippen LogP contribution in [-0.2, 0) is 36.9 Å². The Balaban J connectivity index is 0.00000320. The number of fused-ring (bicyclic) bond motifs is 1. The minimum atomic E-state index is -1.52. The van der Waals surface area contributed by atoms with Gasteiger partial charge in [-0.2, -0.15) is 0 Å². The van der Waals surface area contributed by atoms with E-state index in [0.29, 0.717) is 6.54 Å². The van der Waals surface area contributed by atoms with Gasteiger partial charge in [0.05, 0.1) is 18.1 Å². The molecule has 0 unspecified atom stereocenters. The number of carboxylic acids is 1. The van der Waals surface area contributed by atoms with Crippen molar-refractivity contribution in [3.8, 4) is 0 Å². The van der Waals surface area contributed by atoms with Crippen molar-refractivity contribution in [1.29, 1.82) is 0 Å². The number of thioether (sulfide) groups is 1. The van der Waals surface area contributed by atoms with E-state index in [0.717, 1.165) is 16.0 Å². The van der Waals surface area contributed by atoms with Crippen LogP contribution in [0.5, 0.6) is 0 Å². The first kappa shape index (κ1) is 24.4. The number of carbonyl (C=O) groups excluding carboxylic acids is 4. The molecule has 30 heavy (non-hydrogen) atoms. The number of rotatable bonds is 7. The molecule has 2 amide bonds. The third-order valence-electron chi connectivity index (χ3n) is 4.70. The SMILES string of the molecule is CC(=O)OCC1=C(C(=O)[O-])N2C(=O)[C@H](NC(=O)Cc3ccccc3CN)[C@H]2SC1.[Na+]. The number of ether oxygens (including phenoxy) is 1. The number of benzene rings is 1. The standard InChI is InChI=1S/C19H21N3O6S.Na/c1-10(23)28-8-13-9-29-18-15(17(25)22(18)16(13)19(26)27)21-14(24)6-11-4-2-3-5-12(11)7-20;/h2-5,15,18H,6-9,20H2,1H3,(H,21,24)(H,26,27);/q;+1/p-1/t15-,18+;/m0./s1. The molecule has 1 fully saturated rings. The molecule has 2 heterocycles. The van der Waals surface area contributed by atoms with Crippen LogP contribution in [0.1, 0.15) is 18.1 Å². The van der Waals surface area contributed by atoms with Crippen LogP contribution in [0.2, 0.25) is 0 Å². The van der Waals surface area contributed by atoms with Gasteiger partial charge in [0.25, 0.3) is 5.91 Å². The molecule has 9 nitrogen and oxygen atoms in total. The first-order valence-corrected chi connectivity index (χ1v) is 9.96. The first-order valence-electron chi connectivity index (χ1n) is 8.91. The fraction of sp³-hybridized carbons (Fsp3) is 0.368. The van der Waals surface area contributed by atoms with Crippen molar-refractivity contribution >= 4 is 35.5 Å². The van der Waals surface area contributed by atoms with Crippen LogP contribution in [0.15, 0.2) is 35.5 Å². The van der Waals surface area contributed by atoms with Crippen LogP contribution in [0.25, 0.3) is 0 Å². The van der Waals surface area contributed by atoms with E-state index in [4.69, 9.17) is 10.5 Å². The van der Waals surface area contributed by atoms with Gasteiger partial charge in [-0.25, -0.2) is 0 Å². The number of amides is 2. The van der Waals surface area contributed by atoms with Gasteiger partial charge in [-0.15, -0.1) is 11.8 Å². The number of nitrogens with one attached hydrogen (secondary N) is 1. The Hall–Kier alpha value is -1.85. The summed E-state index contributed by atoms with van der Waals surface area (Å²) in [6.45, 7) is 1.28. The Morgan fingerprint density at radius 1 is 1.30 bits per heavy atom. The molecule has 3 N–H and O–H groups in total. The molecule has 0 radical (unpaired) electrons. The number of aliphatic carboxylic acids is 1. The fourth-order valence-corrected chi connectivity index (χ4v) is 4.63. The van der Waals surface area contributed by atoms with Gasteiger partial charge >= 0.3 is 35.5 Å². The maximum Gasteiger partial charge on any atom is 1.00 e. The zero-order chi connectivity index (χ0) is 21.1. The number of β-lactam (4-membered cyclic amide) rings is 1. The molecule has 0 bridgehead atoms. The number of nitrogens with two attached hydrogens (primary N) is 1. The van der Waals surface area contributed by atoms with Crippen LogP contribution < -0.4 is 45.7 Å². The summed E-state index contributed by atoms with van der Waals surface area (Å²) in [5, 5.41) is 13.7. The molecule has 1 aromatic carbocycles. The van der Waals surface area contributed by atoms with E-state index in [9.17, 15) is 24.3 Å². The molecular formula is C19H20N3NaO6S. The summed E-state index contributed by atoms with van der Waals surface area (Å²) in [7, 11) is 0. The maximum atomic E-state index is 12.6. The number of nitrogens with zero attached hydrogens (tertiary/aromatic N) is 1. The molecule has 2 atom stereocenters. The van der Waals surface area contributed by atoms with Gasteiger partial charge in [-0.1, -0.05) is 24.3 Å². The third kappa shape index (κ3) is 5.06. The molecule has 0 spiro atoms. The van der Waals surface area contributed by atoms with E-state index in [1.807, 2.05) is 12.1 Å². The van der Waals surface area contributed by atoms with Crippen molar-refractivity contribution in [3.05, 3.63) is 46.7 Å². The second-order valence-corrected chi connectivity index (χ2v) is 7.73. The minimum Gasteiger partial charge on any atom is -0.543 e. The van der Waals surface area contributed by atoms with Gasteiger partial charge in [-0.05, 0) is 11.1 Å². The fourth-order valence-electron chi connectivity index (χ4n) is 3.30. The second-order valence-electron chi connectivity index (χ2n) is 6.62. The van der Waals surface area contributed by atoms with E-state index in [1.54, 1.807) is 12.1 Å². The predicted octanol–water partition coefficient (Wildman–Crippen LogP) is -4.34. The summed E-state index contributed by atoms with van der Waals surface area (Å²) in [5.41, 5.74) is 7.29. The summed E-state index contributed by atoms with van der Waals surface area (Å²) in [5.74, 6) is -2.73. The van der Waals surface area contributed by atoms with Crippen LogP contribution in [0, 0.1) is 0 Å². The quantitative estimate of drug-likeness (QED) is 0.246. The molecule has 0 aliphatic carbocycles. The van der Waals surface area contributed by atoms with E-state index in [1.165, 1.54) is 18.7 Å². The molecular weight excluding hydrogens is 421 g/mol. The monoisotopic (exact) mass is 441 g/mol. The Labute approximate surface area is 199 Å². The number of hydrogen-bond donors (Lipinski definition) is 2. The van der Waals surface area contributed by atoms with Crippen LogP contribution in [0.4, 0.5) is 0 Å². The summed E-state index contributed by atoms with van der Waals surface area (Å²) in [4.78, 5) is 48.6. The van der Waals surface area contributed by atoms with E-state index < -0.39 is 29.3 Å². The second kappa shape index (κ2) is 10.5. The van der Waals surface area contributed by atoms with Crippen molar-refractivity contribution in [2.45, 2.75) is 31.3 Å². The van der Waals surface area contributed by atoms with E-state index in [-0.39, 0.29) is 65.5 Å². The number of carboxylic acid groups (broad SMARTS) is 1. The topological polar surface area (TPSA) is 142 Å². The molecule has 1 aromatic rings. The number of carbonyl (C=O) groups is 4. The Morgan fingerprint density at radius 2 is 1.97 bits per heavy atom. The summed E-state index contributed by atoms with van der Waals surface area (Å²) < 4.78 is 4.87. The summed E-state index contributed by atoms with van der Waals surface area (Å²) in [6, 6.07) is 6.43. The van der Waals surface area contributed by atoms with Crippen LogP contribution in [-0.4, -0.2) is 52.4 Å². The van der Waals surface area contributed by atoms with Crippen molar-refractivity contribution in [2.24, 2.45) is 5.73 Å². The first-order chi connectivity index (χ1) is 13.8.